The van der Waals surface area contributed by atoms with Gasteiger partial charge in [0.2, 0.25) is 0 Å². The molecule has 1 aliphatic rings. The Labute approximate surface area is 129 Å². The molecule has 2 rings (SSSR count). The first-order valence-electron chi connectivity index (χ1n) is 6.95. The predicted molar refractivity (Wildman–Crippen MR) is 87.0 cm³/mol. The molecular formula is C14H24BrN3S. The molecule has 19 heavy (non-hydrogen) atoms. The van der Waals surface area contributed by atoms with Crippen LogP contribution in [0.15, 0.2) is 15.2 Å². The fourth-order valence-corrected chi connectivity index (χ4v) is 4.36. The van der Waals surface area contributed by atoms with Crippen molar-refractivity contribution in [3.05, 3.63) is 20.8 Å². The Hall–Kier alpha value is 0.0600. The fourth-order valence-electron chi connectivity index (χ4n) is 2.73. The van der Waals surface area contributed by atoms with Gasteiger partial charge in [-0.25, -0.2) is 0 Å². The number of nitrogens with zero attached hydrogens (tertiary/aromatic N) is 2. The van der Waals surface area contributed by atoms with Crippen LogP contribution in [0.25, 0.3) is 0 Å². The van der Waals surface area contributed by atoms with Crippen LogP contribution < -0.4 is 5.32 Å². The lowest BCUT2D eigenvalue weighted by molar-refractivity contribution is 0.101. The zero-order chi connectivity index (χ0) is 13.8. The van der Waals surface area contributed by atoms with Crippen molar-refractivity contribution in [2.75, 3.05) is 40.3 Å². The molecule has 0 radical (unpaired) electrons. The molecule has 108 valence electrons. The first-order chi connectivity index (χ1) is 9.11. The van der Waals surface area contributed by atoms with Gasteiger partial charge in [0.15, 0.2) is 0 Å². The summed E-state index contributed by atoms with van der Waals surface area (Å²) in [6.45, 7) is 6.72. The Kier molecular flexibility index (Phi) is 5.84. The molecule has 1 aromatic heterocycles. The van der Waals surface area contributed by atoms with E-state index in [1.165, 1.54) is 36.1 Å². The highest BCUT2D eigenvalue weighted by Gasteiger charge is 2.26. The third kappa shape index (κ3) is 4.02. The van der Waals surface area contributed by atoms with E-state index in [1.54, 1.807) is 11.3 Å². The summed E-state index contributed by atoms with van der Waals surface area (Å²) in [4.78, 5) is 4.95. The summed E-state index contributed by atoms with van der Waals surface area (Å²) >= 11 is 5.45. The molecule has 3 nitrogen and oxygen atoms in total. The Morgan fingerprint density at radius 2 is 2.21 bits per heavy atom. The third-order valence-electron chi connectivity index (χ3n) is 3.96. The van der Waals surface area contributed by atoms with E-state index in [0.29, 0.717) is 12.1 Å². The van der Waals surface area contributed by atoms with Gasteiger partial charge in [-0.15, -0.1) is 0 Å². The summed E-state index contributed by atoms with van der Waals surface area (Å²) in [6.07, 6.45) is 1.17. The van der Waals surface area contributed by atoms with Gasteiger partial charge in [-0.2, -0.15) is 11.3 Å². The second-order valence-electron chi connectivity index (χ2n) is 5.42. The van der Waals surface area contributed by atoms with Crippen LogP contribution in [0.4, 0.5) is 0 Å². The first-order valence-corrected chi connectivity index (χ1v) is 8.69. The summed E-state index contributed by atoms with van der Waals surface area (Å²) in [5.74, 6) is 0. The summed E-state index contributed by atoms with van der Waals surface area (Å²) < 4.78 is 1.25. The molecule has 0 spiro atoms. The molecule has 0 bridgehead atoms. The third-order valence-corrected chi connectivity index (χ3v) is 5.71. The lowest BCUT2D eigenvalue weighted by atomic mass is 9.99. The quantitative estimate of drug-likeness (QED) is 0.885. The molecule has 2 unspecified atom stereocenters. The molecule has 2 atom stereocenters. The fraction of sp³-hybridized carbons (Fsp3) is 0.714. The lowest BCUT2D eigenvalue weighted by Crippen LogP contribution is -2.51. The van der Waals surface area contributed by atoms with Gasteiger partial charge in [0.05, 0.1) is 0 Å². The van der Waals surface area contributed by atoms with Crippen molar-refractivity contribution in [2.45, 2.75) is 25.4 Å². The average molecular weight is 346 g/mol. The van der Waals surface area contributed by atoms with Gasteiger partial charge in [-0.1, -0.05) is 6.92 Å². The molecule has 1 aromatic rings. The van der Waals surface area contributed by atoms with Gasteiger partial charge in [0.25, 0.3) is 0 Å². The normalized spacial score (nSPS) is 23.7. The van der Waals surface area contributed by atoms with Gasteiger partial charge in [-0.3, -0.25) is 0 Å². The monoisotopic (exact) mass is 345 g/mol. The van der Waals surface area contributed by atoms with Crippen molar-refractivity contribution in [3.63, 3.8) is 0 Å². The maximum atomic E-state index is 3.68. The van der Waals surface area contributed by atoms with E-state index in [4.69, 9.17) is 0 Å². The highest BCUT2D eigenvalue weighted by atomic mass is 79.9. The minimum absolute atomic E-state index is 0.449. The maximum Gasteiger partial charge on any atom is 0.0354 e. The van der Waals surface area contributed by atoms with E-state index in [0.717, 1.165) is 6.54 Å². The molecule has 0 amide bonds. The van der Waals surface area contributed by atoms with Crippen LogP contribution in [0.5, 0.6) is 0 Å². The smallest absolute Gasteiger partial charge is 0.0354 e. The van der Waals surface area contributed by atoms with E-state index in [1.807, 2.05) is 0 Å². The van der Waals surface area contributed by atoms with Crippen molar-refractivity contribution in [1.82, 2.24) is 15.1 Å². The summed E-state index contributed by atoms with van der Waals surface area (Å²) in [5.41, 5.74) is 1.41. The van der Waals surface area contributed by atoms with Crippen LogP contribution in [-0.2, 0) is 0 Å². The van der Waals surface area contributed by atoms with Crippen LogP contribution in [0.1, 0.15) is 24.9 Å². The van der Waals surface area contributed by atoms with Crippen molar-refractivity contribution in [3.8, 4) is 0 Å². The second kappa shape index (κ2) is 7.18. The number of piperazine rings is 1. The molecular weight excluding hydrogens is 322 g/mol. The van der Waals surface area contributed by atoms with E-state index in [9.17, 15) is 0 Å². The van der Waals surface area contributed by atoms with Crippen LogP contribution in [0, 0.1) is 0 Å². The summed E-state index contributed by atoms with van der Waals surface area (Å²) in [6, 6.07) is 1.08. The minimum Gasteiger partial charge on any atom is -0.310 e. The van der Waals surface area contributed by atoms with Crippen molar-refractivity contribution >= 4 is 27.3 Å². The van der Waals surface area contributed by atoms with Crippen LogP contribution in [0.3, 0.4) is 0 Å². The molecule has 1 saturated heterocycles. The molecule has 0 aromatic carbocycles. The van der Waals surface area contributed by atoms with Crippen LogP contribution in [-0.4, -0.2) is 56.1 Å². The van der Waals surface area contributed by atoms with Crippen LogP contribution in [0.2, 0.25) is 0 Å². The molecule has 5 heteroatoms. The van der Waals surface area contributed by atoms with Gasteiger partial charge in [0, 0.05) is 41.6 Å². The van der Waals surface area contributed by atoms with Crippen molar-refractivity contribution in [1.29, 1.82) is 0 Å². The highest BCUT2D eigenvalue weighted by molar-refractivity contribution is 9.10. The van der Waals surface area contributed by atoms with Crippen molar-refractivity contribution in [2.24, 2.45) is 0 Å². The lowest BCUT2D eigenvalue weighted by Gasteiger charge is -2.39. The molecule has 1 N–H and O–H groups in total. The topological polar surface area (TPSA) is 18.5 Å². The molecule has 0 aliphatic carbocycles. The van der Waals surface area contributed by atoms with E-state index < -0.39 is 0 Å². The zero-order valence-electron chi connectivity index (χ0n) is 12.0. The molecule has 2 heterocycles. The Morgan fingerprint density at radius 3 is 2.84 bits per heavy atom. The van der Waals surface area contributed by atoms with Gasteiger partial charge < -0.3 is 15.1 Å². The second-order valence-corrected chi connectivity index (χ2v) is 7.02. The van der Waals surface area contributed by atoms with Crippen LogP contribution >= 0.6 is 27.3 Å². The Balaban J connectivity index is 2.06. The highest BCUT2D eigenvalue weighted by Crippen LogP contribution is 2.31. The number of likely N-dealkylation sites (N-methyl/N-ethyl adjacent to an activating group) is 2. The Morgan fingerprint density at radius 1 is 1.42 bits per heavy atom. The zero-order valence-corrected chi connectivity index (χ0v) is 14.4. The van der Waals surface area contributed by atoms with E-state index in [-0.39, 0.29) is 0 Å². The van der Waals surface area contributed by atoms with Gasteiger partial charge in [0.1, 0.15) is 0 Å². The standard InChI is InChI=1S/C14H24BrN3S/c1-4-16-14(12-9-19-10-13(12)15)7-11-8-17(2)5-6-18(11)3/h9-11,14,16H,4-8H2,1-3H3. The van der Waals surface area contributed by atoms with Crippen molar-refractivity contribution < 1.29 is 0 Å². The number of nitrogens with one attached hydrogen (secondary N) is 1. The molecule has 1 aliphatic heterocycles. The van der Waals surface area contributed by atoms with Gasteiger partial charge >= 0.3 is 0 Å². The predicted octanol–water partition coefficient (Wildman–Crippen LogP) is 2.80. The summed E-state index contributed by atoms with van der Waals surface area (Å²) in [5, 5.41) is 8.08. The average Bonchev–Trinajstić information content (AvgIpc) is 2.79. The molecule has 1 fully saturated rings. The number of hydrogen-bond acceptors (Lipinski definition) is 4. The SMILES string of the molecule is CCNC(CC1CN(C)CCN1C)c1cscc1Br. The first kappa shape index (κ1) is 15.4. The number of halogens is 1. The van der Waals surface area contributed by atoms with Gasteiger partial charge in [-0.05, 0) is 53.9 Å². The van der Waals surface area contributed by atoms with E-state index >= 15 is 0 Å². The largest absolute Gasteiger partial charge is 0.310 e. The molecule has 0 saturated carbocycles. The van der Waals surface area contributed by atoms with E-state index in [2.05, 4.69) is 62.8 Å². The number of thiophene rings is 1. The number of rotatable bonds is 5. The summed E-state index contributed by atoms with van der Waals surface area (Å²) in [7, 11) is 4.48. The minimum atomic E-state index is 0.449. The number of hydrogen-bond donors (Lipinski definition) is 1. The maximum absolute atomic E-state index is 3.68. The Bertz CT molecular complexity index is 396.